The summed E-state index contributed by atoms with van der Waals surface area (Å²) in [5.74, 6) is 0.494. The zero-order valence-electron chi connectivity index (χ0n) is 7.33. The SMILES string of the molecule is COCC(C)n1cncc1CCl. The number of aromatic nitrogens is 2. The van der Waals surface area contributed by atoms with E-state index in [1.54, 1.807) is 19.6 Å². The molecule has 68 valence electrons. The largest absolute Gasteiger partial charge is 0.383 e. The van der Waals surface area contributed by atoms with Crippen LogP contribution in [0, 0.1) is 0 Å². The van der Waals surface area contributed by atoms with Crippen LogP contribution in [0.2, 0.25) is 0 Å². The summed E-state index contributed by atoms with van der Waals surface area (Å²) in [6.45, 7) is 2.75. The number of halogens is 1. The molecule has 1 aromatic heterocycles. The molecule has 0 aliphatic carbocycles. The van der Waals surface area contributed by atoms with Gasteiger partial charge in [-0.25, -0.2) is 4.98 Å². The summed E-state index contributed by atoms with van der Waals surface area (Å²) in [5.41, 5.74) is 1.03. The van der Waals surface area contributed by atoms with Crippen LogP contribution in [0.25, 0.3) is 0 Å². The molecular weight excluding hydrogens is 176 g/mol. The molecule has 0 bridgehead atoms. The van der Waals surface area contributed by atoms with Gasteiger partial charge in [0.25, 0.3) is 0 Å². The number of imidazole rings is 1. The van der Waals surface area contributed by atoms with Gasteiger partial charge in [-0.05, 0) is 6.92 Å². The second kappa shape index (κ2) is 4.48. The number of methoxy groups -OCH3 is 1. The smallest absolute Gasteiger partial charge is 0.0951 e. The van der Waals surface area contributed by atoms with Gasteiger partial charge in [-0.1, -0.05) is 0 Å². The Balaban J connectivity index is 2.71. The van der Waals surface area contributed by atoms with Crippen molar-refractivity contribution in [3.8, 4) is 0 Å². The van der Waals surface area contributed by atoms with E-state index in [2.05, 4.69) is 11.9 Å². The molecule has 1 aromatic rings. The molecule has 0 aliphatic rings. The van der Waals surface area contributed by atoms with Crippen LogP contribution in [0.4, 0.5) is 0 Å². The minimum absolute atomic E-state index is 0.297. The highest BCUT2D eigenvalue weighted by molar-refractivity contribution is 6.16. The molecule has 0 fully saturated rings. The average Bonchev–Trinajstić information content (AvgIpc) is 2.51. The minimum atomic E-state index is 0.297. The highest BCUT2D eigenvalue weighted by atomic mass is 35.5. The van der Waals surface area contributed by atoms with Gasteiger partial charge >= 0.3 is 0 Å². The van der Waals surface area contributed by atoms with Crippen LogP contribution < -0.4 is 0 Å². The Labute approximate surface area is 77.3 Å². The standard InChI is InChI=1S/C8H13ClN2O/c1-7(5-12-2)11-6-10-4-8(11)3-9/h4,6-7H,3,5H2,1-2H3. The minimum Gasteiger partial charge on any atom is -0.383 e. The van der Waals surface area contributed by atoms with E-state index in [0.717, 1.165) is 5.69 Å². The molecule has 0 aromatic carbocycles. The molecular formula is C8H13ClN2O. The normalized spacial score (nSPS) is 13.2. The third kappa shape index (κ3) is 1.99. The van der Waals surface area contributed by atoms with E-state index in [4.69, 9.17) is 16.3 Å². The van der Waals surface area contributed by atoms with Crippen LogP contribution in [-0.2, 0) is 10.6 Å². The predicted octanol–water partition coefficient (Wildman–Crippen LogP) is 1.83. The lowest BCUT2D eigenvalue weighted by molar-refractivity contribution is 0.161. The first-order valence-corrected chi connectivity index (χ1v) is 4.38. The lowest BCUT2D eigenvalue weighted by atomic mass is 10.3. The predicted molar refractivity (Wildman–Crippen MR) is 48.4 cm³/mol. The molecule has 1 unspecified atom stereocenters. The summed E-state index contributed by atoms with van der Waals surface area (Å²) >= 11 is 5.72. The number of hydrogen-bond acceptors (Lipinski definition) is 2. The van der Waals surface area contributed by atoms with Gasteiger partial charge in [-0.3, -0.25) is 0 Å². The first kappa shape index (κ1) is 9.55. The van der Waals surface area contributed by atoms with Crippen LogP contribution in [0.15, 0.2) is 12.5 Å². The van der Waals surface area contributed by atoms with E-state index in [-0.39, 0.29) is 0 Å². The fraction of sp³-hybridized carbons (Fsp3) is 0.625. The van der Waals surface area contributed by atoms with Crippen molar-refractivity contribution in [1.29, 1.82) is 0 Å². The zero-order valence-corrected chi connectivity index (χ0v) is 8.08. The molecule has 0 N–H and O–H groups in total. The third-order valence-corrected chi connectivity index (χ3v) is 2.04. The maximum atomic E-state index is 5.72. The van der Waals surface area contributed by atoms with Crippen molar-refractivity contribution in [3.05, 3.63) is 18.2 Å². The van der Waals surface area contributed by atoms with E-state index in [1.807, 2.05) is 4.57 Å². The highest BCUT2D eigenvalue weighted by Gasteiger charge is 2.07. The second-order valence-corrected chi connectivity index (χ2v) is 3.00. The summed E-state index contributed by atoms with van der Waals surface area (Å²) in [6, 6.07) is 0.297. The van der Waals surface area contributed by atoms with Crippen molar-refractivity contribution in [2.75, 3.05) is 13.7 Å². The molecule has 12 heavy (non-hydrogen) atoms. The number of rotatable bonds is 4. The topological polar surface area (TPSA) is 27.1 Å². The molecule has 3 nitrogen and oxygen atoms in total. The highest BCUT2D eigenvalue weighted by Crippen LogP contribution is 2.11. The van der Waals surface area contributed by atoms with E-state index in [0.29, 0.717) is 18.5 Å². The third-order valence-electron chi connectivity index (χ3n) is 1.77. The number of nitrogens with zero attached hydrogens (tertiary/aromatic N) is 2. The van der Waals surface area contributed by atoms with Gasteiger partial charge in [0.1, 0.15) is 0 Å². The van der Waals surface area contributed by atoms with Crippen LogP contribution in [0.5, 0.6) is 0 Å². The maximum absolute atomic E-state index is 5.72. The summed E-state index contributed by atoms with van der Waals surface area (Å²) in [5, 5.41) is 0. The lowest BCUT2D eigenvalue weighted by Crippen LogP contribution is -2.12. The van der Waals surface area contributed by atoms with Crippen molar-refractivity contribution >= 4 is 11.6 Å². The lowest BCUT2D eigenvalue weighted by Gasteiger charge is -2.13. The van der Waals surface area contributed by atoms with Gasteiger partial charge in [-0.2, -0.15) is 0 Å². The van der Waals surface area contributed by atoms with E-state index >= 15 is 0 Å². The Morgan fingerprint density at radius 1 is 1.75 bits per heavy atom. The molecule has 1 rings (SSSR count). The fourth-order valence-electron chi connectivity index (χ4n) is 1.15. The summed E-state index contributed by atoms with van der Waals surface area (Å²) in [4.78, 5) is 4.02. The Kier molecular flexibility index (Phi) is 3.56. The molecule has 4 heteroatoms. The van der Waals surface area contributed by atoms with Crippen molar-refractivity contribution in [2.45, 2.75) is 18.8 Å². The van der Waals surface area contributed by atoms with E-state index in [1.165, 1.54) is 0 Å². The number of alkyl halides is 1. The molecule has 0 aliphatic heterocycles. The molecule has 1 atom stereocenters. The first-order chi connectivity index (χ1) is 5.79. The quantitative estimate of drug-likeness (QED) is 0.675. The molecule has 1 heterocycles. The van der Waals surface area contributed by atoms with E-state index in [9.17, 15) is 0 Å². The maximum Gasteiger partial charge on any atom is 0.0951 e. The van der Waals surface area contributed by atoms with Gasteiger partial charge in [-0.15, -0.1) is 11.6 Å². The Morgan fingerprint density at radius 3 is 3.08 bits per heavy atom. The van der Waals surface area contributed by atoms with Crippen LogP contribution in [-0.4, -0.2) is 23.3 Å². The first-order valence-electron chi connectivity index (χ1n) is 3.85. The number of ether oxygens (including phenoxy) is 1. The van der Waals surface area contributed by atoms with Crippen LogP contribution >= 0.6 is 11.6 Å². The fourth-order valence-corrected chi connectivity index (χ4v) is 1.36. The van der Waals surface area contributed by atoms with Crippen molar-refractivity contribution in [2.24, 2.45) is 0 Å². The van der Waals surface area contributed by atoms with E-state index < -0.39 is 0 Å². The summed E-state index contributed by atoms with van der Waals surface area (Å²) < 4.78 is 7.06. The van der Waals surface area contributed by atoms with Gasteiger partial charge in [0.15, 0.2) is 0 Å². The van der Waals surface area contributed by atoms with Gasteiger partial charge in [0.05, 0.1) is 30.5 Å². The summed E-state index contributed by atoms with van der Waals surface area (Å²) in [7, 11) is 1.69. The Morgan fingerprint density at radius 2 is 2.50 bits per heavy atom. The van der Waals surface area contributed by atoms with Gasteiger partial charge < -0.3 is 9.30 Å². The second-order valence-electron chi connectivity index (χ2n) is 2.73. The molecule has 0 saturated carbocycles. The summed E-state index contributed by atoms with van der Waals surface area (Å²) in [6.07, 6.45) is 3.56. The van der Waals surface area contributed by atoms with Crippen molar-refractivity contribution < 1.29 is 4.74 Å². The Hall–Kier alpha value is -0.540. The van der Waals surface area contributed by atoms with Crippen LogP contribution in [0.3, 0.4) is 0 Å². The number of hydrogen-bond donors (Lipinski definition) is 0. The van der Waals surface area contributed by atoms with Gasteiger partial charge in [0.2, 0.25) is 0 Å². The molecule has 0 amide bonds. The van der Waals surface area contributed by atoms with Crippen molar-refractivity contribution in [3.63, 3.8) is 0 Å². The van der Waals surface area contributed by atoms with Gasteiger partial charge in [0, 0.05) is 13.3 Å². The zero-order chi connectivity index (χ0) is 8.97. The molecule has 0 saturated heterocycles. The Bertz CT molecular complexity index is 237. The molecule has 0 radical (unpaired) electrons. The van der Waals surface area contributed by atoms with Crippen LogP contribution in [0.1, 0.15) is 18.7 Å². The monoisotopic (exact) mass is 188 g/mol. The average molecular weight is 189 g/mol. The van der Waals surface area contributed by atoms with Crippen molar-refractivity contribution in [1.82, 2.24) is 9.55 Å². The molecule has 0 spiro atoms.